The third-order valence-electron chi connectivity index (χ3n) is 3.23. The molecule has 2 saturated heterocycles. The van der Waals surface area contributed by atoms with Crippen molar-refractivity contribution in [3.63, 3.8) is 0 Å². The van der Waals surface area contributed by atoms with Gasteiger partial charge in [0.2, 0.25) is 0 Å². The Bertz CT molecular complexity index is 363. The molecular formula is C10H21N3O3S. The maximum Gasteiger partial charge on any atom is 0.282 e. The molecule has 0 aromatic heterocycles. The fourth-order valence-corrected chi connectivity index (χ4v) is 4.29. The van der Waals surface area contributed by atoms with Gasteiger partial charge in [-0.15, -0.1) is 0 Å². The van der Waals surface area contributed by atoms with E-state index in [4.69, 9.17) is 10.5 Å². The minimum Gasteiger partial charge on any atom is -0.373 e. The van der Waals surface area contributed by atoms with Gasteiger partial charge in [0, 0.05) is 32.2 Å². The van der Waals surface area contributed by atoms with Crippen LogP contribution in [0.2, 0.25) is 0 Å². The molecule has 0 aromatic carbocycles. The molecule has 7 heteroatoms. The van der Waals surface area contributed by atoms with Gasteiger partial charge >= 0.3 is 0 Å². The predicted molar refractivity (Wildman–Crippen MR) is 64.7 cm³/mol. The van der Waals surface area contributed by atoms with Gasteiger partial charge in [-0.05, 0) is 20.3 Å². The van der Waals surface area contributed by atoms with Crippen molar-refractivity contribution >= 4 is 10.2 Å². The summed E-state index contributed by atoms with van der Waals surface area (Å²) in [6.45, 7) is 5.62. The lowest BCUT2D eigenvalue weighted by molar-refractivity contribution is -0.0453. The van der Waals surface area contributed by atoms with E-state index in [-0.39, 0.29) is 18.2 Å². The Hall–Kier alpha value is -0.210. The van der Waals surface area contributed by atoms with E-state index < -0.39 is 10.2 Å². The minimum atomic E-state index is -3.35. The molecule has 2 aliphatic rings. The molecule has 0 aromatic rings. The summed E-state index contributed by atoms with van der Waals surface area (Å²) in [6, 6.07) is -0.0272. The first-order valence-electron chi connectivity index (χ1n) is 6.06. The monoisotopic (exact) mass is 263 g/mol. The Kier molecular flexibility index (Phi) is 3.74. The molecule has 2 heterocycles. The van der Waals surface area contributed by atoms with Crippen molar-refractivity contribution < 1.29 is 13.2 Å². The molecule has 0 saturated carbocycles. The van der Waals surface area contributed by atoms with Crippen LogP contribution in [0.5, 0.6) is 0 Å². The minimum absolute atomic E-state index is 0.0272. The number of ether oxygens (including phenoxy) is 1. The van der Waals surface area contributed by atoms with Crippen molar-refractivity contribution in [1.82, 2.24) is 8.61 Å². The van der Waals surface area contributed by atoms with Crippen LogP contribution in [0, 0.1) is 0 Å². The second-order valence-corrected chi connectivity index (χ2v) is 6.92. The summed E-state index contributed by atoms with van der Waals surface area (Å²) in [5.41, 5.74) is 5.76. The van der Waals surface area contributed by atoms with E-state index in [1.54, 1.807) is 0 Å². The van der Waals surface area contributed by atoms with Gasteiger partial charge in [0.1, 0.15) is 0 Å². The van der Waals surface area contributed by atoms with Crippen LogP contribution in [-0.4, -0.2) is 61.5 Å². The lowest BCUT2D eigenvalue weighted by Gasteiger charge is -2.36. The molecule has 6 nitrogen and oxygen atoms in total. The molecule has 0 bridgehead atoms. The summed E-state index contributed by atoms with van der Waals surface area (Å²) >= 11 is 0. The van der Waals surface area contributed by atoms with Crippen LogP contribution < -0.4 is 5.73 Å². The average molecular weight is 263 g/mol. The molecule has 2 N–H and O–H groups in total. The summed E-state index contributed by atoms with van der Waals surface area (Å²) < 4.78 is 33.3. The molecule has 0 spiro atoms. The lowest BCUT2D eigenvalue weighted by atomic mass is 10.3. The zero-order valence-corrected chi connectivity index (χ0v) is 11.2. The van der Waals surface area contributed by atoms with Crippen LogP contribution in [0.25, 0.3) is 0 Å². The van der Waals surface area contributed by atoms with Crippen molar-refractivity contribution in [2.45, 2.75) is 38.5 Å². The third kappa shape index (κ3) is 2.79. The third-order valence-corrected chi connectivity index (χ3v) is 5.16. The highest BCUT2D eigenvalue weighted by Crippen LogP contribution is 2.20. The fourth-order valence-electron chi connectivity index (χ4n) is 2.45. The Morgan fingerprint density at radius 2 is 1.71 bits per heavy atom. The summed E-state index contributed by atoms with van der Waals surface area (Å²) in [7, 11) is -3.35. The standard InChI is InChI=1S/C10H21N3O3S/c1-8-5-13(6-9(2)16-8)17(14,15)12-4-3-10(11)7-12/h8-10H,3-7,11H2,1-2H3/t8-,9+,10-/m0/s1. The normalized spacial score (nSPS) is 37.5. The van der Waals surface area contributed by atoms with E-state index in [0.29, 0.717) is 26.2 Å². The van der Waals surface area contributed by atoms with Crippen molar-refractivity contribution in [3.8, 4) is 0 Å². The van der Waals surface area contributed by atoms with Crippen LogP contribution in [0.3, 0.4) is 0 Å². The van der Waals surface area contributed by atoms with Crippen molar-refractivity contribution in [2.75, 3.05) is 26.2 Å². The first kappa shape index (κ1) is 13.2. The van der Waals surface area contributed by atoms with Gasteiger partial charge < -0.3 is 10.5 Å². The van der Waals surface area contributed by atoms with Gasteiger partial charge in [-0.1, -0.05) is 0 Å². The van der Waals surface area contributed by atoms with Crippen LogP contribution in [0.1, 0.15) is 20.3 Å². The van der Waals surface area contributed by atoms with Gasteiger partial charge in [-0.2, -0.15) is 17.0 Å². The largest absolute Gasteiger partial charge is 0.373 e. The highest BCUT2D eigenvalue weighted by atomic mass is 32.2. The Labute approximate surface area is 103 Å². The maximum absolute atomic E-state index is 12.4. The smallest absolute Gasteiger partial charge is 0.282 e. The molecule has 2 fully saturated rings. The summed E-state index contributed by atoms with van der Waals surface area (Å²) in [6.07, 6.45) is 0.642. The van der Waals surface area contributed by atoms with Gasteiger partial charge in [0.15, 0.2) is 0 Å². The van der Waals surface area contributed by atoms with E-state index in [9.17, 15) is 8.42 Å². The zero-order chi connectivity index (χ0) is 12.6. The van der Waals surface area contributed by atoms with Gasteiger partial charge in [-0.3, -0.25) is 0 Å². The highest BCUT2D eigenvalue weighted by Gasteiger charge is 2.37. The molecule has 2 rings (SSSR count). The lowest BCUT2D eigenvalue weighted by Crippen LogP contribution is -2.52. The van der Waals surface area contributed by atoms with Crippen LogP contribution in [0.15, 0.2) is 0 Å². The Morgan fingerprint density at radius 3 is 2.18 bits per heavy atom. The quantitative estimate of drug-likeness (QED) is 0.720. The van der Waals surface area contributed by atoms with Crippen LogP contribution >= 0.6 is 0 Å². The molecule has 3 atom stereocenters. The molecular weight excluding hydrogens is 242 g/mol. The molecule has 0 radical (unpaired) electrons. The Balaban J connectivity index is 2.09. The van der Waals surface area contributed by atoms with Crippen LogP contribution in [-0.2, 0) is 14.9 Å². The molecule has 17 heavy (non-hydrogen) atoms. The van der Waals surface area contributed by atoms with Gasteiger partial charge in [0.05, 0.1) is 12.2 Å². The maximum atomic E-state index is 12.4. The summed E-state index contributed by atoms with van der Waals surface area (Å²) in [5.74, 6) is 0. The van der Waals surface area contributed by atoms with Gasteiger partial charge in [-0.25, -0.2) is 0 Å². The Morgan fingerprint density at radius 1 is 1.12 bits per heavy atom. The molecule has 100 valence electrons. The molecule has 0 unspecified atom stereocenters. The molecule has 0 amide bonds. The first-order valence-corrected chi connectivity index (χ1v) is 7.45. The first-order chi connectivity index (χ1) is 7.89. The predicted octanol–water partition coefficient (Wildman–Crippen LogP) is -0.627. The summed E-state index contributed by atoms with van der Waals surface area (Å²) in [5, 5.41) is 0. The number of hydrogen-bond donors (Lipinski definition) is 1. The van der Waals surface area contributed by atoms with E-state index >= 15 is 0 Å². The molecule has 2 aliphatic heterocycles. The topological polar surface area (TPSA) is 75.9 Å². The fraction of sp³-hybridized carbons (Fsp3) is 1.00. The van der Waals surface area contributed by atoms with E-state index in [1.165, 1.54) is 8.61 Å². The van der Waals surface area contributed by atoms with Gasteiger partial charge in [0.25, 0.3) is 10.2 Å². The molecule has 0 aliphatic carbocycles. The van der Waals surface area contributed by atoms with E-state index in [2.05, 4.69) is 0 Å². The zero-order valence-electron chi connectivity index (χ0n) is 10.4. The summed E-state index contributed by atoms with van der Waals surface area (Å²) in [4.78, 5) is 0. The number of nitrogens with two attached hydrogens (primary N) is 1. The highest BCUT2D eigenvalue weighted by molar-refractivity contribution is 7.86. The number of rotatable bonds is 2. The van der Waals surface area contributed by atoms with Crippen LogP contribution in [0.4, 0.5) is 0 Å². The number of hydrogen-bond acceptors (Lipinski definition) is 4. The SMILES string of the molecule is C[C@@H]1CN(S(=O)(=O)N2CC[C@H](N)C2)C[C@H](C)O1. The number of nitrogens with zero attached hydrogens (tertiary/aromatic N) is 2. The average Bonchev–Trinajstić information content (AvgIpc) is 2.64. The van der Waals surface area contributed by atoms with E-state index in [0.717, 1.165) is 6.42 Å². The number of morpholine rings is 1. The second-order valence-electron chi connectivity index (χ2n) is 4.99. The second kappa shape index (κ2) is 4.81. The van der Waals surface area contributed by atoms with E-state index in [1.807, 2.05) is 13.8 Å². The van der Waals surface area contributed by atoms with Crippen molar-refractivity contribution in [2.24, 2.45) is 5.73 Å². The van der Waals surface area contributed by atoms with Crippen molar-refractivity contribution in [3.05, 3.63) is 0 Å². The van der Waals surface area contributed by atoms with Crippen molar-refractivity contribution in [1.29, 1.82) is 0 Å².